The molecule has 2 heterocycles. The van der Waals surface area contributed by atoms with Crippen LogP contribution in [0.1, 0.15) is 36.2 Å². The quantitative estimate of drug-likeness (QED) is 0.775. The topological polar surface area (TPSA) is 106 Å². The van der Waals surface area contributed by atoms with Gasteiger partial charge in [0.1, 0.15) is 16.5 Å². The lowest BCUT2D eigenvalue weighted by Crippen LogP contribution is -2.34. The van der Waals surface area contributed by atoms with Crippen LogP contribution in [0.2, 0.25) is 0 Å². The van der Waals surface area contributed by atoms with Crippen molar-refractivity contribution in [2.45, 2.75) is 39.8 Å². The monoisotopic (exact) mass is 309 g/mol. The zero-order valence-corrected chi connectivity index (χ0v) is 13.1. The van der Waals surface area contributed by atoms with Gasteiger partial charge in [-0.05, 0) is 20.3 Å². The third kappa shape index (κ3) is 3.15. The molecule has 0 amide bonds. The van der Waals surface area contributed by atoms with Crippen molar-refractivity contribution < 1.29 is 0 Å². The molecule has 0 spiro atoms. The Balaban J connectivity index is 2.38. The number of rotatable bonds is 5. The summed E-state index contributed by atoms with van der Waals surface area (Å²) in [7, 11) is 0. The lowest BCUT2D eigenvalue weighted by Gasteiger charge is -2.16. The van der Waals surface area contributed by atoms with Gasteiger partial charge in [-0.15, -0.1) is 11.3 Å². The fourth-order valence-corrected chi connectivity index (χ4v) is 2.80. The van der Waals surface area contributed by atoms with Crippen molar-refractivity contribution in [3.63, 3.8) is 0 Å². The second kappa shape index (κ2) is 6.13. The van der Waals surface area contributed by atoms with Crippen LogP contribution < -0.4 is 22.3 Å². The van der Waals surface area contributed by atoms with E-state index in [9.17, 15) is 9.59 Å². The van der Waals surface area contributed by atoms with Gasteiger partial charge in [0.2, 0.25) is 0 Å². The zero-order chi connectivity index (χ0) is 15.6. The Morgan fingerprint density at radius 3 is 2.81 bits per heavy atom. The predicted octanol–water partition coefficient (Wildman–Crippen LogP) is 1.47. The van der Waals surface area contributed by atoms with Gasteiger partial charge in [0.05, 0.1) is 6.04 Å². The maximum absolute atomic E-state index is 12.0. The third-order valence-corrected chi connectivity index (χ3v) is 4.15. The molecule has 0 radical (unpaired) electrons. The zero-order valence-electron chi connectivity index (χ0n) is 12.3. The molecule has 21 heavy (non-hydrogen) atoms. The number of aryl methyl sites for hydroxylation is 1. The van der Waals surface area contributed by atoms with Gasteiger partial charge in [-0.2, -0.15) is 0 Å². The first kappa shape index (κ1) is 15.3. The van der Waals surface area contributed by atoms with Crippen LogP contribution in [0.4, 0.5) is 11.5 Å². The summed E-state index contributed by atoms with van der Waals surface area (Å²) in [5, 5.41) is 3.91. The fourth-order valence-electron chi connectivity index (χ4n) is 2.02. The maximum atomic E-state index is 12.0. The van der Waals surface area contributed by atoms with E-state index in [-0.39, 0.29) is 17.5 Å². The molecule has 0 aromatic carbocycles. The summed E-state index contributed by atoms with van der Waals surface area (Å²) >= 11 is 1.55. The van der Waals surface area contributed by atoms with Crippen molar-refractivity contribution >= 4 is 22.8 Å². The Labute approximate surface area is 125 Å². The van der Waals surface area contributed by atoms with Crippen LogP contribution in [0.5, 0.6) is 0 Å². The largest absolute Gasteiger partial charge is 0.383 e. The van der Waals surface area contributed by atoms with Gasteiger partial charge in [0, 0.05) is 17.6 Å². The number of nitrogen functional groups attached to an aromatic ring is 1. The first-order valence-corrected chi connectivity index (χ1v) is 7.57. The number of anilines is 2. The SMILES string of the molecule is CCCn1c(N)c(NC(C)c2ncc(C)s2)c(=O)[nH]c1=O. The Hall–Kier alpha value is -2.09. The molecule has 2 aromatic heterocycles. The molecule has 2 rings (SSSR count). The first-order chi connectivity index (χ1) is 9.93. The van der Waals surface area contributed by atoms with Crippen molar-refractivity contribution in [3.8, 4) is 0 Å². The molecule has 7 nitrogen and oxygen atoms in total. The number of hydrogen-bond donors (Lipinski definition) is 3. The van der Waals surface area contributed by atoms with E-state index >= 15 is 0 Å². The van der Waals surface area contributed by atoms with Crippen LogP contribution >= 0.6 is 11.3 Å². The molecule has 114 valence electrons. The second-order valence-corrected chi connectivity index (χ2v) is 6.11. The minimum Gasteiger partial charge on any atom is -0.383 e. The highest BCUT2D eigenvalue weighted by molar-refractivity contribution is 7.11. The van der Waals surface area contributed by atoms with E-state index in [0.29, 0.717) is 6.54 Å². The Bertz CT molecular complexity index is 746. The van der Waals surface area contributed by atoms with Gasteiger partial charge in [-0.25, -0.2) is 9.78 Å². The van der Waals surface area contributed by atoms with Crippen LogP contribution in [-0.2, 0) is 6.54 Å². The second-order valence-electron chi connectivity index (χ2n) is 4.85. The van der Waals surface area contributed by atoms with E-state index in [4.69, 9.17) is 5.73 Å². The van der Waals surface area contributed by atoms with E-state index in [1.165, 1.54) is 4.57 Å². The summed E-state index contributed by atoms with van der Waals surface area (Å²) in [4.78, 5) is 31.4. The van der Waals surface area contributed by atoms with Crippen molar-refractivity contribution in [1.29, 1.82) is 0 Å². The molecule has 8 heteroatoms. The average molecular weight is 309 g/mol. The molecule has 0 aliphatic heterocycles. The number of nitrogens with zero attached hydrogens (tertiary/aromatic N) is 2. The molecule has 4 N–H and O–H groups in total. The summed E-state index contributed by atoms with van der Waals surface area (Å²) in [5.41, 5.74) is 5.18. The lowest BCUT2D eigenvalue weighted by molar-refractivity contribution is 0.641. The number of aromatic amines is 1. The highest BCUT2D eigenvalue weighted by Crippen LogP contribution is 2.23. The minimum absolute atomic E-state index is 0.158. The number of H-pyrrole nitrogens is 1. The van der Waals surface area contributed by atoms with Gasteiger partial charge < -0.3 is 11.1 Å². The molecule has 0 aliphatic rings. The number of thiazole rings is 1. The smallest absolute Gasteiger partial charge is 0.330 e. The molecule has 1 unspecified atom stereocenters. The van der Waals surface area contributed by atoms with Gasteiger partial charge in [0.25, 0.3) is 5.56 Å². The number of nitrogens with two attached hydrogens (primary N) is 1. The van der Waals surface area contributed by atoms with Crippen LogP contribution in [0.15, 0.2) is 15.8 Å². The molecular formula is C13H19N5O2S. The summed E-state index contributed by atoms with van der Waals surface area (Å²) in [6.07, 6.45) is 2.53. The van der Waals surface area contributed by atoms with Crippen molar-refractivity contribution in [3.05, 3.63) is 36.9 Å². The number of aromatic nitrogens is 3. The predicted molar refractivity (Wildman–Crippen MR) is 84.9 cm³/mol. The lowest BCUT2D eigenvalue weighted by atomic mass is 10.3. The van der Waals surface area contributed by atoms with Crippen LogP contribution in [0.3, 0.4) is 0 Å². The Morgan fingerprint density at radius 2 is 2.24 bits per heavy atom. The molecule has 0 saturated heterocycles. The number of hydrogen-bond acceptors (Lipinski definition) is 6. The summed E-state index contributed by atoms with van der Waals surface area (Å²) in [5.74, 6) is 0.158. The first-order valence-electron chi connectivity index (χ1n) is 6.75. The summed E-state index contributed by atoms with van der Waals surface area (Å²) < 4.78 is 1.36. The van der Waals surface area contributed by atoms with E-state index < -0.39 is 11.2 Å². The van der Waals surface area contributed by atoms with Crippen molar-refractivity contribution in [1.82, 2.24) is 14.5 Å². The normalized spacial score (nSPS) is 12.3. The van der Waals surface area contributed by atoms with E-state index in [0.717, 1.165) is 16.3 Å². The molecular weight excluding hydrogens is 290 g/mol. The Morgan fingerprint density at radius 1 is 1.52 bits per heavy atom. The Kier molecular flexibility index (Phi) is 4.46. The van der Waals surface area contributed by atoms with Crippen LogP contribution in [0, 0.1) is 6.92 Å². The van der Waals surface area contributed by atoms with E-state index in [2.05, 4.69) is 15.3 Å². The standard InChI is InChI=1S/C13H19N5O2S/c1-4-5-18-10(14)9(11(19)17-13(18)20)16-8(3)12-15-6-7(2)21-12/h6,8,16H,4-5,14H2,1-3H3,(H,17,19,20). The summed E-state index contributed by atoms with van der Waals surface area (Å²) in [6, 6.07) is -0.167. The van der Waals surface area contributed by atoms with Crippen LogP contribution in [-0.4, -0.2) is 14.5 Å². The van der Waals surface area contributed by atoms with Gasteiger partial charge in [0.15, 0.2) is 0 Å². The van der Waals surface area contributed by atoms with Gasteiger partial charge in [-0.1, -0.05) is 6.92 Å². The molecule has 1 atom stereocenters. The van der Waals surface area contributed by atoms with Crippen molar-refractivity contribution in [2.24, 2.45) is 0 Å². The maximum Gasteiger partial charge on any atom is 0.330 e. The van der Waals surface area contributed by atoms with Crippen molar-refractivity contribution in [2.75, 3.05) is 11.1 Å². The highest BCUT2D eigenvalue weighted by Gasteiger charge is 2.16. The molecule has 0 aliphatic carbocycles. The van der Waals surface area contributed by atoms with E-state index in [1.54, 1.807) is 17.5 Å². The molecule has 0 bridgehead atoms. The van der Waals surface area contributed by atoms with Crippen LogP contribution in [0.25, 0.3) is 0 Å². The molecule has 0 fully saturated rings. The average Bonchev–Trinajstić information content (AvgIpc) is 2.86. The van der Waals surface area contributed by atoms with E-state index in [1.807, 2.05) is 20.8 Å². The van der Waals surface area contributed by atoms with Gasteiger partial charge >= 0.3 is 5.69 Å². The molecule has 2 aromatic rings. The van der Waals surface area contributed by atoms with Gasteiger partial charge in [-0.3, -0.25) is 14.3 Å². The highest BCUT2D eigenvalue weighted by atomic mass is 32.1. The fraction of sp³-hybridized carbons (Fsp3) is 0.462. The third-order valence-electron chi connectivity index (χ3n) is 3.06. The minimum atomic E-state index is -0.509. The summed E-state index contributed by atoms with van der Waals surface area (Å²) in [6.45, 7) is 6.26. The number of nitrogens with one attached hydrogen (secondary N) is 2. The molecule has 0 saturated carbocycles.